The second kappa shape index (κ2) is 39.4. The van der Waals surface area contributed by atoms with Gasteiger partial charge in [-0.1, -0.05) is 31.6 Å². The molecule has 0 saturated heterocycles. The number of ether oxygens (including phenoxy) is 2. The van der Waals surface area contributed by atoms with Crippen molar-refractivity contribution >= 4 is 26.3 Å². The van der Waals surface area contributed by atoms with Crippen molar-refractivity contribution in [2.75, 3.05) is 47.4 Å². The summed E-state index contributed by atoms with van der Waals surface area (Å²) >= 11 is 0. The zero-order valence-corrected chi connectivity index (χ0v) is 35.1. The highest BCUT2D eigenvalue weighted by molar-refractivity contribution is 7.59. The maximum Gasteiger partial charge on any atom is 0.133 e. The van der Waals surface area contributed by atoms with Gasteiger partial charge in [-0.2, -0.15) is 0 Å². The quantitative estimate of drug-likeness (QED) is 0.0965. The first-order valence-electron chi connectivity index (χ1n) is 16.4. The standard InChI is InChI=1S/C12H6.C11H22O4P.C11H4.C10H20O4P/c1-3-5-7-9-11-12-10-8-6-4-2;1-6-11(12)7-10(9(2)14-3)8-15-16(4,5)13;1-3-5-7-9-11-10-8-6-4-2;1-5-10(11)6-9(7-13-2)8-14-15(3,4)12/h1-2H3;9-10H,4,6-8H2,1-3,5H3;1H,2H3;9H,3,5-8H2,1-2,4H3/q;-1;;-1/t;9-,10-,16-;;9-,15+/m.1.0/s1. The Morgan fingerprint density at radius 2 is 0.963 bits per heavy atom. The van der Waals surface area contributed by atoms with Gasteiger partial charge in [0.05, 0.1) is 40.7 Å². The number of carbonyl (C=O) groups is 2. The smallest absolute Gasteiger partial charge is 0.133 e. The van der Waals surface area contributed by atoms with Crippen molar-refractivity contribution in [3.05, 3.63) is 13.3 Å². The number of Topliss-reactive ketones (excluding diaryl/α,β-unsaturated/α-hetero) is 2. The van der Waals surface area contributed by atoms with Crippen molar-refractivity contribution in [2.24, 2.45) is 11.8 Å². The Kier molecular flexibility index (Phi) is 40.9. The van der Waals surface area contributed by atoms with Gasteiger partial charge < -0.3 is 27.7 Å². The molecule has 0 aliphatic rings. The number of carbonyl (C=O) groups excluding carboxylic acids is 2. The summed E-state index contributed by atoms with van der Waals surface area (Å²) in [6.07, 6.45) is 6.56. The van der Waals surface area contributed by atoms with E-state index in [0.717, 1.165) is 0 Å². The van der Waals surface area contributed by atoms with Gasteiger partial charge in [-0.3, -0.25) is 22.9 Å². The topological polar surface area (TPSA) is 105 Å². The molecular formula is C44H52O8P2-2. The summed E-state index contributed by atoms with van der Waals surface area (Å²) < 4.78 is 43.0. The SMILES string of the molecule is C#CC#CC#CC#CC#CC.CC#CC#CC#CC#CC#CC.[CH2-][P@@](C)(=O)OC[C@@H](CC(=O)CC)[C@@H](C)OC.[CH2-][P@@](C)(=O)OC[C@H](COC)CC(=O)CC. The maximum absolute atomic E-state index is 11.4. The minimum absolute atomic E-state index is 0.0301. The minimum atomic E-state index is -2.74. The van der Waals surface area contributed by atoms with Crippen LogP contribution in [0.25, 0.3) is 0 Å². The number of methoxy groups -OCH3 is 2. The zero-order valence-electron chi connectivity index (χ0n) is 33.3. The number of hydrogen-bond donors (Lipinski definition) is 0. The lowest BCUT2D eigenvalue weighted by Gasteiger charge is -2.25. The zero-order chi connectivity index (χ0) is 42.1. The molecule has 0 spiro atoms. The van der Waals surface area contributed by atoms with Crippen LogP contribution in [0.15, 0.2) is 0 Å². The van der Waals surface area contributed by atoms with Gasteiger partial charge in [-0.15, -0.1) is 6.42 Å². The first kappa shape index (κ1) is 56.0. The van der Waals surface area contributed by atoms with Crippen LogP contribution in [0.5, 0.6) is 0 Å². The minimum Gasteiger partial charge on any atom is -0.384 e. The monoisotopic (exact) mass is 770 g/mol. The van der Waals surface area contributed by atoms with E-state index in [0.29, 0.717) is 32.3 Å². The normalized spacial score (nSPS) is 11.9. The van der Waals surface area contributed by atoms with Crippen LogP contribution in [-0.4, -0.2) is 65.0 Å². The highest BCUT2D eigenvalue weighted by Gasteiger charge is 2.21. The molecule has 0 aromatic rings. The van der Waals surface area contributed by atoms with Gasteiger partial charge >= 0.3 is 0 Å². The fraction of sp³-hybridized carbons (Fsp3) is 0.455. The Hall–Kier alpha value is -4.76. The summed E-state index contributed by atoms with van der Waals surface area (Å²) in [6.45, 7) is 21.4. The Bertz CT molecular complexity index is 1810. The average molecular weight is 771 g/mol. The second-order valence-electron chi connectivity index (χ2n) is 10.6. The largest absolute Gasteiger partial charge is 0.384 e. The van der Waals surface area contributed by atoms with Gasteiger partial charge in [0.15, 0.2) is 0 Å². The molecule has 54 heavy (non-hydrogen) atoms. The van der Waals surface area contributed by atoms with E-state index in [1.54, 1.807) is 35.0 Å². The van der Waals surface area contributed by atoms with Crippen LogP contribution in [0.4, 0.5) is 0 Å². The van der Waals surface area contributed by atoms with Gasteiger partial charge in [0.25, 0.3) is 0 Å². The van der Waals surface area contributed by atoms with E-state index < -0.39 is 14.7 Å². The molecule has 0 rings (SSSR count). The van der Waals surface area contributed by atoms with Crippen molar-refractivity contribution in [2.45, 2.75) is 73.3 Å². The van der Waals surface area contributed by atoms with E-state index in [2.05, 4.69) is 126 Å². The average Bonchev–Trinajstić information content (AvgIpc) is 3.12. The predicted octanol–water partition coefficient (Wildman–Crippen LogP) is 6.75. The van der Waals surface area contributed by atoms with Crippen LogP contribution in [0.1, 0.15) is 67.2 Å². The molecular weight excluding hydrogens is 718 g/mol. The van der Waals surface area contributed by atoms with Crippen molar-refractivity contribution in [1.82, 2.24) is 0 Å². The summed E-state index contributed by atoms with van der Waals surface area (Å²) in [6, 6.07) is 0. The second-order valence-corrected chi connectivity index (χ2v) is 15.2. The first-order chi connectivity index (χ1) is 25.5. The molecule has 0 unspecified atom stereocenters. The maximum atomic E-state index is 11.4. The van der Waals surface area contributed by atoms with E-state index in [4.69, 9.17) is 24.9 Å². The Labute approximate surface area is 327 Å². The van der Waals surface area contributed by atoms with E-state index in [1.165, 1.54) is 13.3 Å². The highest BCUT2D eigenvalue weighted by Crippen LogP contribution is 2.41. The molecule has 0 aliphatic carbocycles. The summed E-state index contributed by atoms with van der Waals surface area (Å²) in [4.78, 5) is 22.6. The van der Waals surface area contributed by atoms with E-state index in [1.807, 2.05) is 20.8 Å². The molecule has 5 atom stereocenters. The molecule has 0 aromatic heterocycles. The van der Waals surface area contributed by atoms with Crippen LogP contribution in [0.3, 0.4) is 0 Å². The third-order valence-electron chi connectivity index (χ3n) is 5.64. The third-order valence-corrected chi connectivity index (χ3v) is 7.03. The highest BCUT2D eigenvalue weighted by atomic mass is 31.2. The lowest BCUT2D eigenvalue weighted by molar-refractivity contribution is -0.121. The first-order valence-corrected chi connectivity index (χ1v) is 20.9. The van der Waals surface area contributed by atoms with Crippen LogP contribution in [0.2, 0.25) is 0 Å². The lowest BCUT2D eigenvalue weighted by Crippen LogP contribution is -2.26. The van der Waals surface area contributed by atoms with Crippen molar-refractivity contribution < 1.29 is 37.2 Å². The van der Waals surface area contributed by atoms with E-state index >= 15 is 0 Å². The lowest BCUT2D eigenvalue weighted by atomic mass is 9.97. The number of terminal acetylenes is 1. The van der Waals surface area contributed by atoms with E-state index in [9.17, 15) is 18.7 Å². The molecule has 0 bridgehead atoms. The van der Waals surface area contributed by atoms with Crippen molar-refractivity contribution in [3.8, 4) is 119 Å². The van der Waals surface area contributed by atoms with Gasteiger partial charge in [0.1, 0.15) is 11.6 Å². The van der Waals surface area contributed by atoms with Crippen molar-refractivity contribution in [1.29, 1.82) is 0 Å². The summed E-state index contributed by atoms with van der Waals surface area (Å²) in [5, 5.41) is 0. The molecule has 8 nitrogen and oxygen atoms in total. The van der Waals surface area contributed by atoms with Gasteiger partial charge in [0, 0.05) is 51.7 Å². The number of hydrogen-bond acceptors (Lipinski definition) is 8. The molecule has 0 amide bonds. The molecule has 0 aliphatic heterocycles. The van der Waals surface area contributed by atoms with Gasteiger partial charge in [0.2, 0.25) is 0 Å². The molecule has 0 aromatic carbocycles. The fourth-order valence-electron chi connectivity index (χ4n) is 2.94. The Morgan fingerprint density at radius 3 is 1.28 bits per heavy atom. The van der Waals surface area contributed by atoms with Crippen molar-refractivity contribution in [3.63, 3.8) is 0 Å². The molecule has 0 fully saturated rings. The van der Waals surface area contributed by atoms with Crippen LogP contribution in [-0.2, 0) is 37.2 Å². The summed E-state index contributed by atoms with van der Waals surface area (Å²) in [5.41, 5.74) is 0. The van der Waals surface area contributed by atoms with Crippen LogP contribution >= 0.6 is 14.7 Å². The Balaban J connectivity index is -0.000000312. The summed E-state index contributed by atoms with van der Waals surface area (Å²) in [7, 11) is -2.29. The number of rotatable bonds is 16. The Morgan fingerprint density at radius 1 is 0.611 bits per heavy atom. The molecule has 0 saturated carbocycles. The van der Waals surface area contributed by atoms with Crippen LogP contribution in [0, 0.1) is 144 Å². The molecule has 0 radical (unpaired) electrons. The molecule has 288 valence electrons. The third kappa shape index (κ3) is 49.4. The van der Waals surface area contributed by atoms with Crippen LogP contribution < -0.4 is 0 Å². The summed E-state index contributed by atoms with van der Waals surface area (Å²) in [5.74, 6) is 47.7. The van der Waals surface area contributed by atoms with E-state index in [-0.39, 0.29) is 42.7 Å². The van der Waals surface area contributed by atoms with Gasteiger partial charge in [-0.25, -0.2) is 0 Å². The van der Waals surface area contributed by atoms with Gasteiger partial charge in [-0.05, 0) is 136 Å². The fourth-order valence-corrected chi connectivity index (χ4v) is 3.97. The molecule has 10 heteroatoms. The molecule has 0 heterocycles. The predicted molar refractivity (Wildman–Crippen MR) is 221 cm³/mol. The molecule has 0 N–H and O–H groups in total. The number of ketones is 2.